The van der Waals surface area contributed by atoms with Gasteiger partial charge in [0.25, 0.3) is 0 Å². The smallest absolute Gasteiger partial charge is 0.240 e. The van der Waals surface area contributed by atoms with Crippen LogP contribution in [0.5, 0.6) is 0 Å². The van der Waals surface area contributed by atoms with Crippen LogP contribution in [0, 0.1) is 0 Å². The van der Waals surface area contributed by atoms with Gasteiger partial charge in [-0.3, -0.25) is 9.69 Å². The number of hydrogen-bond acceptors (Lipinski definition) is 5. The van der Waals surface area contributed by atoms with E-state index in [1.54, 1.807) is 0 Å². The molecule has 4 rings (SSSR count). The second-order valence-corrected chi connectivity index (χ2v) is 9.80. The number of hydrogen-bond donors (Lipinski definition) is 0. The van der Waals surface area contributed by atoms with Gasteiger partial charge in [0.1, 0.15) is 11.1 Å². The van der Waals surface area contributed by atoms with Crippen molar-refractivity contribution >= 4 is 17.7 Å². The van der Waals surface area contributed by atoms with Gasteiger partial charge in [-0.15, -0.1) is 10.2 Å². The molecule has 1 aliphatic heterocycles. The third kappa shape index (κ3) is 6.07. The Morgan fingerprint density at radius 1 is 0.912 bits per heavy atom. The summed E-state index contributed by atoms with van der Waals surface area (Å²) in [5.41, 5.74) is 2.20. The Kier molecular flexibility index (Phi) is 8.77. The maximum Gasteiger partial charge on any atom is 0.240 e. The number of likely N-dealkylation sites (tertiary alicyclic amines) is 1. The Balaban J connectivity index is 1.66. The van der Waals surface area contributed by atoms with Gasteiger partial charge in [0.15, 0.2) is 5.16 Å². The summed E-state index contributed by atoms with van der Waals surface area (Å²) in [4.78, 5) is 17.9. The fourth-order valence-electron chi connectivity index (χ4n) is 4.46. The van der Waals surface area contributed by atoms with E-state index in [1.807, 2.05) is 55.1 Å². The van der Waals surface area contributed by atoms with Crippen LogP contribution in [0.15, 0.2) is 65.8 Å². The number of carbonyl (C=O) groups excluding carboxylic acids is 1. The number of likely N-dealkylation sites (N-methyl/N-ethyl adjacent to an activating group) is 1. The van der Waals surface area contributed by atoms with E-state index in [0.717, 1.165) is 36.2 Å². The fourth-order valence-corrected chi connectivity index (χ4v) is 5.60. The van der Waals surface area contributed by atoms with Crippen LogP contribution < -0.4 is 0 Å². The summed E-state index contributed by atoms with van der Waals surface area (Å²) in [6, 6.07) is 20.5. The highest BCUT2D eigenvalue weighted by atomic mass is 32.2. The van der Waals surface area contributed by atoms with Gasteiger partial charge < -0.3 is 9.47 Å². The molecule has 180 valence electrons. The maximum absolute atomic E-state index is 13.5. The van der Waals surface area contributed by atoms with Crippen molar-refractivity contribution in [1.82, 2.24) is 24.6 Å². The summed E-state index contributed by atoms with van der Waals surface area (Å²) in [7, 11) is 0. The molecule has 1 saturated heterocycles. The van der Waals surface area contributed by atoms with Gasteiger partial charge in [-0.05, 0) is 50.9 Å². The lowest BCUT2D eigenvalue weighted by Crippen LogP contribution is -2.34. The summed E-state index contributed by atoms with van der Waals surface area (Å²) in [5, 5.41) is 9.68. The number of rotatable bonds is 10. The van der Waals surface area contributed by atoms with Crippen LogP contribution in [0.1, 0.15) is 55.3 Å². The standard InChI is InChI=1S/C27H35N5OS/c1-3-31(4-2)26(33)25(23-16-10-6-11-17-23)34-27-29-28-24(21-30-18-12-7-13-19-30)32(27)20-22-14-8-5-9-15-22/h5-6,8-11,14-17,25H,3-4,7,12-13,18-21H2,1-2H3. The largest absolute Gasteiger partial charge is 0.342 e. The van der Waals surface area contributed by atoms with Crippen molar-refractivity contribution in [2.75, 3.05) is 26.2 Å². The van der Waals surface area contributed by atoms with Crippen molar-refractivity contribution in [1.29, 1.82) is 0 Å². The average Bonchev–Trinajstić information content (AvgIpc) is 3.25. The van der Waals surface area contributed by atoms with E-state index in [1.165, 1.54) is 36.6 Å². The molecule has 3 aromatic rings. The van der Waals surface area contributed by atoms with Crippen LogP contribution in [0.2, 0.25) is 0 Å². The molecule has 0 aliphatic carbocycles. The average molecular weight is 478 g/mol. The topological polar surface area (TPSA) is 54.3 Å². The summed E-state index contributed by atoms with van der Waals surface area (Å²) in [6.07, 6.45) is 3.78. The molecule has 34 heavy (non-hydrogen) atoms. The van der Waals surface area contributed by atoms with E-state index in [9.17, 15) is 4.79 Å². The molecular weight excluding hydrogens is 442 g/mol. The molecule has 7 heteroatoms. The SMILES string of the molecule is CCN(CC)C(=O)C(Sc1nnc(CN2CCCCC2)n1Cc1ccccc1)c1ccccc1. The quantitative estimate of drug-likeness (QED) is 0.384. The summed E-state index contributed by atoms with van der Waals surface area (Å²) in [6.45, 7) is 9.14. The maximum atomic E-state index is 13.5. The highest BCUT2D eigenvalue weighted by Crippen LogP contribution is 2.36. The number of nitrogens with zero attached hydrogens (tertiary/aromatic N) is 5. The minimum absolute atomic E-state index is 0.119. The predicted octanol–water partition coefficient (Wildman–Crippen LogP) is 5.01. The fraction of sp³-hybridized carbons (Fsp3) is 0.444. The first-order chi connectivity index (χ1) is 16.7. The van der Waals surface area contributed by atoms with Crippen molar-refractivity contribution in [3.05, 3.63) is 77.6 Å². The molecule has 0 N–H and O–H groups in total. The molecule has 2 aromatic carbocycles. The van der Waals surface area contributed by atoms with Gasteiger partial charge in [-0.1, -0.05) is 78.8 Å². The van der Waals surface area contributed by atoms with Crippen molar-refractivity contribution in [2.24, 2.45) is 0 Å². The number of amides is 1. The zero-order valence-corrected chi connectivity index (χ0v) is 21.1. The van der Waals surface area contributed by atoms with Crippen LogP contribution in [0.4, 0.5) is 0 Å². The molecule has 0 bridgehead atoms. The molecule has 0 spiro atoms. The van der Waals surface area contributed by atoms with E-state index in [2.05, 4.69) is 43.9 Å². The highest BCUT2D eigenvalue weighted by Gasteiger charge is 2.29. The number of carbonyl (C=O) groups is 1. The molecule has 6 nitrogen and oxygen atoms in total. The molecule has 0 radical (unpaired) electrons. The molecule has 1 aliphatic rings. The zero-order chi connectivity index (χ0) is 23.8. The van der Waals surface area contributed by atoms with Gasteiger partial charge in [-0.25, -0.2) is 0 Å². The summed E-state index contributed by atoms with van der Waals surface area (Å²) >= 11 is 1.52. The van der Waals surface area contributed by atoms with E-state index >= 15 is 0 Å². The molecule has 2 heterocycles. The number of thioether (sulfide) groups is 1. The first-order valence-electron chi connectivity index (χ1n) is 12.4. The Bertz CT molecular complexity index is 1030. The van der Waals surface area contributed by atoms with Crippen LogP contribution in [0.3, 0.4) is 0 Å². The Labute approximate surface area is 207 Å². The van der Waals surface area contributed by atoms with E-state index < -0.39 is 0 Å². The molecule has 1 atom stereocenters. The second kappa shape index (κ2) is 12.2. The Morgan fingerprint density at radius 2 is 1.56 bits per heavy atom. The Morgan fingerprint density at radius 3 is 2.21 bits per heavy atom. The lowest BCUT2D eigenvalue weighted by Gasteiger charge is -2.26. The monoisotopic (exact) mass is 477 g/mol. The first kappa shape index (κ1) is 24.5. The van der Waals surface area contributed by atoms with Gasteiger partial charge >= 0.3 is 0 Å². The van der Waals surface area contributed by atoms with E-state index in [-0.39, 0.29) is 11.2 Å². The third-order valence-corrected chi connectivity index (χ3v) is 7.64. The van der Waals surface area contributed by atoms with Crippen LogP contribution in [-0.4, -0.2) is 56.7 Å². The van der Waals surface area contributed by atoms with Gasteiger partial charge in [-0.2, -0.15) is 0 Å². The summed E-state index contributed by atoms with van der Waals surface area (Å²) < 4.78 is 2.21. The molecule has 1 unspecified atom stereocenters. The number of benzene rings is 2. The number of piperidine rings is 1. The van der Waals surface area contributed by atoms with E-state index in [4.69, 9.17) is 0 Å². The van der Waals surface area contributed by atoms with Crippen molar-refractivity contribution < 1.29 is 4.79 Å². The highest BCUT2D eigenvalue weighted by molar-refractivity contribution is 8.00. The molecule has 1 fully saturated rings. The van der Waals surface area contributed by atoms with Gasteiger partial charge in [0, 0.05) is 13.1 Å². The second-order valence-electron chi connectivity index (χ2n) is 8.73. The van der Waals surface area contributed by atoms with Crippen LogP contribution >= 0.6 is 11.8 Å². The van der Waals surface area contributed by atoms with Crippen molar-refractivity contribution in [2.45, 2.75) is 56.6 Å². The zero-order valence-electron chi connectivity index (χ0n) is 20.3. The minimum Gasteiger partial charge on any atom is -0.342 e. The van der Waals surface area contributed by atoms with Crippen LogP contribution in [-0.2, 0) is 17.9 Å². The van der Waals surface area contributed by atoms with Gasteiger partial charge in [0.05, 0.1) is 13.1 Å². The molecule has 1 aromatic heterocycles. The normalized spacial score (nSPS) is 15.2. The third-order valence-electron chi connectivity index (χ3n) is 6.42. The van der Waals surface area contributed by atoms with Crippen LogP contribution in [0.25, 0.3) is 0 Å². The molecule has 0 saturated carbocycles. The minimum atomic E-state index is -0.359. The van der Waals surface area contributed by atoms with E-state index in [0.29, 0.717) is 19.6 Å². The Hall–Kier alpha value is -2.64. The summed E-state index contributed by atoms with van der Waals surface area (Å²) in [5.74, 6) is 1.09. The first-order valence-corrected chi connectivity index (χ1v) is 13.3. The number of aromatic nitrogens is 3. The van der Waals surface area contributed by atoms with Crippen molar-refractivity contribution in [3.63, 3.8) is 0 Å². The predicted molar refractivity (Wildman–Crippen MR) is 138 cm³/mol. The van der Waals surface area contributed by atoms with Crippen molar-refractivity contribution in [3.8, 4) is 0 Å². The molecule has 1 amide bonds. The lowest BCUT2D eigenvalue weighted by atomic mass is 10.1. The lowest BCUT2D eigenvalue weighted by molar-refractivity contribution is -0.130. The van der Waals surface area contributed by atoms with Gasteiger partial charge in [0.2, 0.25) is 5.91 Å². The molecular formula is C27H35N5OS.